The van der Waals surface area contributed by atoms with Gasteiger partial charge in [0.1, 0.15) is 23.6 Å². The summed E-state index contributed by atoms with van der Waals surface area (Å²) in [6.07, 6.45) is 0.780. The summed E-state index contributed by atoms with van der Waals surface area (Å²) in [4.78, 5) is 0. The van der Waals surface area contributed by atoms with E-state index in [4.69, 9.17) is 14.2 Å². The van der Waals surface area contributed by atoms with Gasteiger partial charge in [-0.1, -0.05) is 39.0 Å². The molecule has 0 bridgehead atoms. The highest BCUT2D eigenvalue weighted by atomic mass is 31.1. The van der Waals surface area contributed by atoms with E-state index in [-0.39, 0.29) is 5.16 Å². The van der Waals surface area contributed by atoms with Gasteiger partial charge in [0, 0.05) is 10.9 Å². The van der Waals surface area contributed by atoms with Crippen LogP contribution in [0.2, 0.25) is 0 Å². The summed E-state index contributed by atoms with van der Waals surface area (Å²) >= 11 is 0. The zero-order valence-corrected chi connectivity index (χ0v) is 15.2. The summed E-state index contributed by atoms with van der Waals surface area (Å²) in [5.41, 5.74) is 2.17. The summed E-state index contributed by atoms with van der Waals surface area (Å²) in [7, 11) is 2.98. The van der Waals surface area contributed by atoms with Gasteiger partial charge in [0.2, 0.25) is 0 Å². The minimum atomic E-state index is -0.415. The molecular formula is C19H23O3P. The number of benzene rings is 2. The van der Waals surface area contributed by atoms with Crippen molar-refractivity contribution in [3.63, 3.8) is 0 Å². The SMILES string of the molecule is COc1cccc(OC)c1-c1cccc2c1[P@@](C(C)(C)C)CO2. The number of hydrogen-bond donors (Lipinski definition) is 0. The van der Waals surface area contributed by atoms with Crippen LogP contribution in [0.15, 0.2) is 36.4 Å². The Bertz CT molecular complexity index is 697. The minimum absolute atomic E-state index is 0.186. The van der Waals surface area contributed by atoms with Crippen molar-refractivity contribution in [3.05, 3.63) is 36.4 Å². The minimum Gasteiger partial charge on any atom is -0.496 e. The van der Waals surface area contributed by atoms with Gasteiger partial charge in [-0.15, -0.1) is 0 Å². The molecule has 0 aromatic heterocycles. The average molecular weight is 330 g/mol. The first-order chi connectivity index (χ1) is 11.0. The number of methoxy groups -OCH3 is 2. The van der Waals surface area contributed by atoms with Gasteiger partial charge < -0.3 is 14.2 Å². The normalized spacial score (nSPS) is 16.7. The molecule has 0 aliphatic carbocycles. The second kappa shape index (κ2) is 6.05. The molecule has 122 valence electrons. The van der Waals surface area contributed by atoms with Crippen molar-refractivity contribution in [1.82, 2.24) is 0 Å². The second-order valence-electron chi connectivity index (χ2n) is 6.56. The predicted molar refractivity (Wildman–Crippen MR) is 96.8 cm³/mol. The highest BCUT2D eigenvalue weighted by Gasteiger charge is 2.36. The van der Waals surface area contributed by atoms with Gasteiger partial charge in [-0.2, -0.15) is 0 Å². The molecule has 0 unspecified atom stereocenters. The lowest BCUT2D eigenvalue weighted by Crippen LogP contribution is -2.19. The molecule has 0 N–H and O–H groups in total. The van der Waals surface area contributed by atoms with Crippen LogP contribution in [0, 0.1) is 0 Å². The third-order valence-corrected chi connectivity index (χ3v) is 7.13. The Morgan fingerprint density at radius 3 is 2.13 bits per heavy atom. The highest BCUT2D eigenvalue weighted by Crippen LogP contribution is 2.56. The summed E-state index contributed by atoms with van der Waals surface area (Å²) in [6.45, 7) is 6.86. The number of rotatable bonds is 3. The molecule has 0 radical (unpaired) electrons. The third-order valence-electron chi connectivity index (χ3n) is 4.12. The molecule has 3 rings (SSSR count). The molecule has 0 spiro atoms. The van der Waals surface area contributed by atoms with Crippen LogP contribution in [0.5, 0.6) is 17.2 Å². The van der Waals surface area contributed by atoms with Crippen LogP contribution in [0.25, 0.3) is 11.1 Å². The van der Waals surface area contributed by atoms with E-state index in [1.54, 1.807) is 14.2 Å². The van der Waals surface area contributed by atoms with E-state index in [0.717, 1.165) is 34.7 Å². The maximum atomic E-state index is 5.99. The number of ether oxygens (including phenoxy) is 3. The molecule has 1 aliphatic heterocycles. The molecule has 2 aromatic carbocycles. The van der Waals surface area contributed by atoms with Crippen LogP contribution in [0.3, 0.4) is 0 Å². The van der Waals surface area contributed by atoms with Crippen molar-refractivity contribution in [3.8, 4) is 28.4 Å². The second-order valence-corrected chi connectivity index (χ2v) is 9.47. The molecule has 0 saturated carbocycles. The third kappa shape index (κ3) is 2.79. The Morgan fingerprint density at radius 1 is 0.957 bits per heavy atom. The van der Waals surface area contributed by atoms with E-state index in [9.17, 15) is 0 Å². The van der Waals surface area contributed by atoms with E-state index in [0.29, 0.717) is 0 Å². The fraction of sp³-hybridized carbons (Fsp3) is 0.368. The molecular weight excluding hydrogens is 307 g/mol. The highest BCUT2D eigenvalue weighted by molar-refractivity contribution is 7.67. The van der Waals surface area contributed by atoms with Crippen molar-refractivity contribution in [2.75, 3.05) is 20.6 Å². The predicted octanol–water partition coefficient (Wildman–Crippen LogP) is 4.63. The van der Waals surface area contributed by atoms with Gasteiger partial charge in [0.15, 0.2) is 0 Å². The van der Waals surface area contributed by atoms with E-state index >= 15 is 0 Å². The van der Waals surface area contributed by atoms with Crippen LogP contribution in [-0.2, 0) is 0 Å². The molecule has 3 nitrogen and oxygen atoms in total. The van der Waals surface area contributed by atoms with E-state index < -0.39 is 7.92 Å². The molecule has 0 amide bonds. The number of hydrogen-bond acceptors (Lipinski definition) is 3. The monoisotopic (exact) mass is 330 g/mol. The van der Waals surface area contributed by atoms with Crippen LogP contribution in [0.1, 0.15) is 20.8 Å². The molecule has 4 heteroatoms. The zero-order valence-electron chi connectivity index (χ0n) is 14.3. The van der Waals surface area contributed by atoms with Crippen LogP contribution in [-0.4, -0.2) is 25.7 Å². The lowest BCUT2D eigenvalue weighted by molar-refractivity contribution is 0.397. The van der Waals surface area contributed by atoms with Crippen molar-refractivity contribution < 1.29 is 14.2 Å². The quantitative estimate of drug-likeness (QED) is 0.768. The zero-order chi connectivity index (χ0) is 16.6. The Hall–Kier alpha value is -1.73. The molecule has 2 aromatic rings. The molecule has 23 heavy (non-hydrogen) atoms. The van der Waals surface area contributed by atoms with Gasteiger partial charge in [-0.05, 0) is 31.3 Å². The van der Waals surface area contributed by atoms with E-state index in [2.05, 4.69) is 32.9 Å². The van der Waals surface area contributed by atoms with Gasteiger partial charge in [-0.25, -0.2) is 0 Å². The van der Waals surface area contributed by atoms with Crippen molar-refractivity contribution in [2.45, 2.75) is 25.9 Å². The Balaban J connectivity index is 2.27. The summed E-state index contributed by atoms with van der Waals surface area (Å²) in [5.74, 6) is 2.65. The largest absolute Gasteiger partial charge is 0.496 e. The number of fused-ring (bicyclic) bond motifs is 1. The standard InChI is InChI=1S/C19H23O3P/c1-19(2,3)23-12-22-16-11-6-8-13(18(16)23)17-14(20-4)9-7-10-15(17)21-5/h6-11H,12H2,1-5H3/t23-/m0/s1. The van der Waals surface area contributed by atoms with Crippen LogP contribution in [0.4, 0.5) is 0 Å². The Labute approximate surface area is 139 Å². The smallest absolute Gasteiger partial charge is 0.130 e. The first kappa shape index (κ1) is 16.1. The fourth-order valence-electron chi connectivity index (χ4n) is 2.96. The summed E-state index contributed by atoms with van der Waals surface area (Å²) in [5, 5.41) is 1.50. The van der Waals surface area contributed by atoms with Gasteiger partial charge in [0.05, 0.1) is 19.8 Å². The molecule has 0 fully saturated rings. The van der Waals surface area contributed by atoms with Crippen molar-refractivity contribution in [1.29, 1.82) is 0 Å². The maximum Gasteiger partial charge on any atom is 0.130 e. The van der Waals surface area contributed by atoms with E-state index in [1.165, 1.54) is 5.30 Å². The van der Waals surface area contributed by atoms with Crippen LogP contribution >= 0.6 is 7.92 Å². The lowest BCUT2D eigenvalue weighted by Gasteiger charge is -2.28. The topological polar surface area (TPSA) is 27.7 Å². The van der Waals surface area contributed by atoms with Crippen LogP contribution < -0.4 is 19.5 Å². The first-order valence-electron chi connectivity index (χ1n) is 7.72. The van der Waals surface area contributed by atoms with Crippen molar-refractivity contribution in [2.24, 2.45) is 0 Å². The van der Waals surface area contributed by atoms with Gasteiger partial charge in [-0.3, -0.25) is 0 Å². The molecule has 0 saturated heterocycles. The van der Waals surface area contributed by atoms with Gasteiger partial charge in [0.25, 0.3) is 0 Å². The molecule has 1 heterocycles. The molecule has 1 atom stereocenters. The fourth-order valence-corrected chi connectivity index (χ4v) is 5.30. The molecule has 1 aliphatic rings. The average Bonchev–Trinajstić information content (AvgIpc) is 2.98. The van der Waals surface area contributed by atoms with Gasteiger partial charge >= 0.3 is 0 Å². The Kier molecular flexibility index (Phi) is 4.25. The van der Waals surface area contributed by atoms with E-state index in [1.807, 2.05) is 24.3 Å². The summed E-state index contributed by atoms with van der Waals surface area (Å²) in [6, 6.07) is 12.2. The van der Waals surface area contributed by atoms with Crippen molar-refractivity contribution >= 4 is 13.2 Å². The lowest BCUT2D eigenvalue weighted by atomic mass is 10.0. The first-order valence-corrected chi connectivity index (χ1v) is 9.25. The maximum absolute atomic E-state index is 5.99. The Morgan fingerprint density at radius 2 is 1.57 bits per heavy atom. The summed E-state index contributed by atoms with van der Waals surface area (Å²) < 4.78 is 17.2.